The number of benzene rings is 2. The van der Waals surface area contributed by atoms with Crippen molar-refractivity contribution >= 4 is 17.4 Å². The van der Waals surface area contributed by atoms with Gasteiger partial charge in [0.25, 0.3) is 11.7 Å². The number of para-hydroxylation sites is 1. The summed E-state index contributed by atoms with van der Waals surface area (Å²) in [6.07, 6.45) is 5.17. The summed E-state index contributed by atoms with van der Waals surface area (Å²) in [5.74, 6) is -1.65. The van der Waals surface area contributed by atoms with E-state index in [0.717, 1.165) is 45.3 Å². The van der Waals surface area contributed by atoms with Crippen molar-refractivity contribution in [2.24, 2.45) is 0 Å². The third-order valence-electron chi connectivity index (χ3n) is 6.62. The Kier molecular flexibility index (Phi) is 10.1. The van der Waals surface area contributed by atoms with Gasteiger partial charge in [-0.1, -0.05) is 44.9 Å². The van der Waals surface area contributed by atoms with Crippen LogP contribution < -0.4 is 4.74 Å². The molecule has 0 bridgehead atoms. The minimum Gasteiger partial charge on any atom is -0.507 e. The van der Waals surface area contributed by atoms with Crippen molar-refractivity contribution < 1.29 is 23.8 Å². The highest BCUT2D eigenvalue weighted by atomic mass is 19.1. The first-order valence-electron chi connectivity index (χ1n) is 12.8. The van der Waals surface area contributed by atoms with Gasteiger partial charge in [0.05, 0.1) is 18.7 Å². The average Bonchev–Trinajstić information content (AvgIpc) is 3.14. The number of aliphatic hydroxyl groups is 1. The van der Waals surface area contributed by atoms with Gasteiger partial charge in [-0.05, 0) is 69.2 Å². The van der Waals surface area contributed by atoms with Crippen molar-refractivity contribution in [3.63, 3.8) is 0 Å². The quantitative estimate of drug-likeness (QED) is 0.224. The van der Waals surface area contributed by atoms with Gasteiger partial charge < -0.3 is 19.6 Å². The standard InChI is InChI=1S/C29H37FN2O4/c1-4-6-17-31(18-7-5-2)19-10-20-32-26(23-11-8-9-12-24(23)36-3)25(28(34)29(32)35)27(33)21-13-15-22(30)16-14-21/h8-9,11-16,26,33H,4-7,10,17-20H2,1-3H3/t26-/m1/s1. The second kappa shape index (κ2) is 13.2. The summed E-state index contributed by atoms with van der Waals surface area (Å²) in [5, 5.41) is 11.1. The highest BCUT2D eigenvalue weighted by Gasteiger charge is 2.46. The molecule has 0 aromatic heterocycles. The molecular weight excluding hydrogens is 459 g/mol. The van der Waals surface area contributed by atoms with Crippen LogP contribution in [-0.4, -0.2) is 59.9 Å². The largest absolute Gasteiger partial charge is 0.507 e. The molecule has 1 N–H and O–H groups in total. The van der Waals surface area contributed by atoms with Gasteiger partial charge in [-0.3, -0.25) is 9.59 Å². The van der Waals surface area contributed by atoms with Crippen molar-refractivity contribution in [1.29, 1.82) is 0 Å². The number of methoxy groups -OCH3 is 1. The molecule has 194 valence electrons. The Hall–Kier alpha value is -3.19. The highest BCUT2D eigenvalue weighted by Crippen LogP contribution is 2.42. The number of rotatable bonds is 13. The fraction of sp³-hybridized carbons (Fsp3) is 0.448. The van der Waals surface area contributed by atoms with Crippen LogP contribution in [0.3, 0.4) is 0 Å². The number of Topliss-reactive ketones (excluding diaryl/α,β-unsaturated/α-hetero) is 1. The first-order chi connectivity index (χ1) is 17.4. The van der Waals surface area contributed by atoms with Gasteiger partial charge in [0.2, 0.25) is 0 Å². The number of hydrogen-bond acceptors (Lipinski definition) is 5. The number of likely N-dealkylation sites (tertiary alicyclic amines) is 1. The molecule has 1 fully saturated rings. The molecule has 1 heterocycles. The maximum Gasteiger partial charge on any atom is 0.295 e. The Labute approximate surface area is 213 Å². The van der Waals surface area contributed by atoms with E-state index in [1.54, 1.807) is 12.1 Å². The van der Waals surface area contributed by atoms with Crippen molar-refractivity contribution in [1.82, 2.24) is 9.80 Å². The van der Waals surface area contributed by atoms with Crippen LogP contribution in [0.4, 0.5) is 4.39 Å². The summed E-state index contributed by atoms with van der Waals surface area (Å²) in [6.45, 7) is 7.55. The number of aliphatic hydroxyl groups excluding tert-OH is 1. The number of carbonyl (C=O) groups excluding carboxylic acids is 2. The number of ketones is 1. The number of hydrogen-bond donors (Lipinski definition) is 1. The van der Waals surface area contributed by atoms with E-state index in [4.69, 9.17) is 4.74 Å². The zero-order valence-corrected chi connectivity index (χ0v) is 21.5. The van der Waals surface area contributed by atoms with Crippen LogP contribution in [0.2, 0.25) is 0 Å². The van der Waals surface area contributed by atoms with E-state index < -0.39 is 23.5 Å². The molecule has 1 amide bonds. The maximum atomic E-state index is 13.5. The highest BCUT2D eigenvalue weighted by molar-refractivity contribution is 6.46. The summed E-state index contributed by atoms with van der Waals surface area (Å²) in [4.78, 5) is 30.4. The van der Waals surface area contributed by atoms with Crippen LogP contribution in [0.1, 0.15) is 63.1 Å². The number of amides is 1. The molecule has 3 rings (SSSR count). The zero-order chi connectivity index (χ0) is 26.1. The summed E-state index contributed by atoms with van der Waals surface area (Å²) < 4.78 is 19.0. The SMILES string of the molecule is CCCCN(CCCC)CCCN1C(=O)C(=O)C(=C(O)c2ccc(F)cc2)[C@H]1c1ccccc1OC. The zero-order valence-electron chi connectivity index (χ0n) is 21.5. The fourth-order valence-electron chi connectivity index (χ4n) is 4.65. The molecule has 0 unspecified atom stereocenters. The molecule has 0 saturated carbocycles. The molecule has 6 nitrogen and oxygen atoms in total. The molecule has 7 heteroatoms. The van der Waals surface area contributed by atoms with Gasteiger partial charge in [0.1, 0.15) is 17.3 Å². The summed E-state index contributed by atoms with van der Waals surface area (Å²) in [5.41, 5.74) is 0.890. The van der Waals surface area contributed by atoms with E-state index in [1.165, 1.54) is 36.3 Å². The van der Waals surface area contributed by atoms with Gasteiger partial charge in [-0.2, -0.15) is 0 Å². The molecule has 36 heavy (non-hydrogen) atoms. The lowest BCUT2D eigenvalue weighted by Crippen LogP contribution is -2.34. The van der Waals surface area contributed by atoms with Crippen molar-refractivity contribution in [3.8, 4) is 5.75 Å². The van der Waals surface area contributed by atoms with Crippen LogP contribution in [0, 0.1) is 5.82 Å². The first-order valence-corrected chi connectivity index (χ1v) is 12.8. The molecular formula is C29H37FN2O4. The van der Waals surface area contributed by atoms with E-state index in [2.05, 4.69) is 18.7 Å². The Balaban J connectivity index is 1.95. The molecule has 1 aliphatic rings. The molecule has 1 atom stereocenters. The van der Waals surface area contributed by atoms with Gasteiger partial charge in [-0.15, -0.1) is 0 Å². The second-order valence-corrected chi connectivity index (χ2v) is 9.14. The monoisotopic (exact) mass is 496 g/mol. The minimum absolute atomic E-state index is 0.00932. The third kappa shape index (κ3) is 6.32. The molecule has 2 aromatic rings. The summed E-state index contributed by atoms with van der Waals surface area (Å²) in [7, 11) is 1.53. The smallest absolute Gasteiger partial charge is 0.295 e. The Morgan fingerprint density at radius 2 is 1.58 bits per heavy atom. The molecule has 0 aliphatic carbocycles. The van der Waals surface area contributed by atoms with Crippen LogP contribution in [-0.2, 0) is 9.59 Å². The maximum absolute atomic E-state index is 13.5. The molecule has 2 aromatic carbocycles. The molecule has 0 spiro atoms. The normalized spacial score (nSPS) is 17.2. The lowest BCUT2D eigenvalue weighted by molar-refractivity contribution is -0.140. The van der Waals surface area contributed by atoms with Gasteiger partial charge in [-0.25, -0.2) is 4.39 Å². The van der Waals surface area contributed by atoms with E-state index in [0.29, 0.717) is 24.3 Å². The molecule has 1 saturated heterocycles. The molecule has 1 aliphatic heterocycles. The topological polar surface area (TPSA) is 70.1 Å². The summed E-state index contributed by atoms with van der Waals surface area (Å²) >= 11 is 0. The van der Waals surface area contributed by atoms with E-state index >= 15 is 0 Å². The molecule has 0 radical (unpaired) electrons. The van der Waals surface area contributed by atoms with E-state index in [1.807, 2.05) is 12.1 Å². The van der Waals surface area contributed by atoms with Crippen molar-refractivity contribution in [2.75, 3.05) is 33.3 Å². The number of carbonyl (C=O) groups is 2. The summed E-state index contributed by atoms with van der Waals surface area (Å²) in [6, 6.07) is 11.6. The van der Waals surface area contributed by atoms with E-state index in [9.17, 15) is 19.1 Å². The Morgan fingerprint density at radius 3 is 2.19 bits per heavy atom. The van der Waals surface area contributed by atoms with Crippen LogP contribution in [0.15, 0.2) is 54.1 Å². The number of nitrogens with zero attached hydrogens (tertiary/aromatic N) is 2. The fourth-order valence-corrected chi connectivity index (χ4v) is 4.65. The van der Waals surface area contributed by atoms with Gasteiger partial charge in [0, 0.05) is 17.7 Å². The Bertz CT molecular complexity index is 1060. The van der Waals surface area contributed by atoms with Crippen LogP contribution >= 0.6 is 0 Å². The second-order valence-electron chi connectivity index (χ2n) is 9.14. The van der Waals surface area contributed by atoms with Crippen molar-refractivity contribution in [2.45, 2.75) is 52.0 Å². The predicted molar refractivity (Wildman–Crippen MR) is 139 cm³/mol. The number of unbranched alkanes of at least 4 members (excludes halogenated alkanes) is 2. The average molecular weight is 497 g/mol. The van der Waals surface area contributed by atoms with Crippen LogP contribution in [0.25, 0.3) is 5.76 Å². The van der Waals surface area contributed by atoms with Crippen molar-refractivity contribution in [3.05, 3.63) is 71.0 Å². The van der Waals surface area contributed by atoms with Gasteiger partial charge in [0.15, 0.2) is 0 Å². The predicted octanol–water partition coefficient (Wildman–Crippen LogP) is 5.55. The van der Waals surface area contributed by atoms with E-state index in [-0.39, 0.29) is 16.9 Å². The lowest BCUT2D eigenvalue weighted by atomic mass is 9.94. The Morgan fingerprint density at radius 1 is 0.972 bits per heavy atom. The van der Waals surface area contributed by atoms with Crippen LogP contribution in [0.5, 0.6) is 5.75 Å². The first kappa shape index (κ1) is 27.4. The van der Waals surface area contributed by atoms with Gasteiger partial charge >= 0.3 is 0 Å². The number of ether oxygens (including phenoxy) is 1. The third-order valence-corrected chi connectivity index (χ3v) is 6.62. The minimum atomic E-state index is -0.800. The lowest BCUT2D eigenvalue weighted by Gasteiger charge is -2.28. The number of halogens is 1.